The molecule has 1 aliphatic heterocycles. The van der Waals surface area contributed by atoms with Gasteiger partial charge in [0.05, 0.1) is 12.7 Å². The van der Waals surface area contributed by atoms with E-state index < -0.39 is 17.6 Å². The molecule has 0 aliphatic carbocycles. The lowest BCUT2D eigenvalue weighted by Crippen LogP contribution is -2.33. The molecule has 1 heterocycles. The average molecular weight is 341 g/mol. The zero-order chi connectivity index (χ0) is 18.0. The molecule has 2 aromatic carbocycles. The Morgan fingerprint density at radius 1 is 1.04 bits per heavy atom. The van der Waals surface area contributed by atoms with Crippen LogP contribution in [-0.4, -0.2) is 35.5 Å². The van der Waals surface area contributed by atoms with Crippen molar-refractivity contribution >= 4 is 17.4 Å². The van der Waals surface area contributed by atoms with Crippen LogP contribution < -0.4 is 4.74 Å². The minimum atomic E-state index is -0.743. The first-order valence-electron chi connectivity index (χ1n) is 7.70. The van der Waals surface area contributed by atoms with Crippen LogP contribution in [0.3, 0.4) is 0 Å². The van der Waals surface area contributed by atoms with E-state index in [2.05, 4.69) is 0 Å². The number of hydrogen-bond donors (Lipinski definition) is 1. The summed E-state index contributed by atoms with van der Waals surface area (Å²) in [5.74, 6) is -1.86. The summed E-state index contributed by atoms with van der Waals surface area (Å²) < 4.78 is 18.1. The SMILES string of the molecule is COc1ccccc1C1=C(O)C(=O)N(CCc2ccc(F)cc2)C1=O. The molecule has 0 aromatic heterocycles. The maximum Gasteiger partial charge on any atom is 0.296 e. The van der Waals surface area contributed by atoms with Crippen LogP contribution in [0, 0.1) is 5.82 Å². The summed E-state index contributed by atoms with van der Waals surface area (Å²) in [5, 5.41) is 10.2. The Kier molecular flexibility index (Phi) is 4.52. The predicted molar refractivity (Wildman–Crippen MR) is 89.4 cm³/mol. The van der Waals surface area contributed by atoms with E-state index in [0.29, 0.717) is 17.7 Å². The topological polar surface area (TPSA) is 66.8 Å². The molecule has 6 heteroatoms. The van der Waals surface area contributed by atoms with Crippen molar-refractivity contribution in [3.63, 3.8) is 0 Å². The number of methoxy groups -OCH3 is 1. The third kappa shape index (κ3) is 3.10. The van der Waals surface area contributed by atoms with Crippen molar-refractivity contribution in [1.82, 2.24) is 4.90 Å². The molecular weight excluding hydrogens is 325 g/mol. The lowest BCUT2D eigenvalue weighted by molar-refractivity contribution is -0.138. The molecule has 0 bridgehead atoms. The quantitative estimate of drug-likeness (QED) is 0.849. The van der Waals surface area contributed by atoms with Gasteiger partial charge >= 0.3 is 0 Å². The van der Waals surface area contributed by atoms with Gasteiger partial charge in [-0.2, -0.15) is 0 Å². The number of carbonyl (C=O) groups is 2. The van der Waals surface area contributed by atoms with Crippen LogP contribution in [0.4, 0.5) is 4.39 Å². The van der Waals surface area contributed by atoms with Crippen LogP contribution in [0.15, 0.2) is 54.3 Å². The van der Waals surface area contributed by atoms with E-state index in [1.54, 1.807) is 36.4 Å². The zero-order valence-electron chi connectivity index (χ0n) is 13.5. The summed E-state index contributed by atoms with van der Waals surface area (Å²) in [4.78, 5) is 25.9. The Bertz CT molecular complexity index is 858. The summed E-state index contributed by atoms with van der Waals surface area (Å²) in [6, 6.07) is 12.5. The highest BCUT2D eigenvalue weighted by molar-refractivity contribution is 6.35. The van der Waals surface area contributed by atoms with Gasteiger partial charge in [0.25, 0.3) is 11.8 Å². The van der Waals surface area contributed by atoms with Gasteiger partial charge in [-0.05, 0) is 30.2 Å². The van der Waals surface area contributed by atoms with Gasteiger partial charge in [-0.15, -0.1) is 0 Å². The Balaban J connectivity index is 1.83. The molecule has 3 rings (SSSR count). The molecule has 0 spiro atoms. The van der Waals surface area contributed by atoms with Gasteiger partial charge in [0, 0.05) is 12.1 Å². The van der Waals surface area contributed by atoms with Crippen LogP contribution in [0.25, 0.3) is 5.57 Å². The summed E-state index contributed by atoms with van der Waals surface area (Å²) >= 11 is 0. The number of imide groups is 1. The first kappa shape index (κ1) is 16.7. The smallest absolute Gasteiger partial charge is 0.296 e. The number of aliphatic hydroxyl groups excluding tert-OH is 1. The number of rotatable bonds is 5. The standard InChI is InChI=1S/C19H16FNO4/c1-25-15-5-3-2-4-14(15)16-17(22)19(24)21(18(16)23)11-10-12-6-8-13(20)9-7-12/h2-9,22H,10-11H2,1H3. The van der Waals surface area contributed by atoms with Gasteiger partial charge in [-0.25, -0.2) is 4.39 Å². The van der Waals surface area contributed by atoms with Crippen molar-refractivity contribution in [1.29, 1.82) is 0 Å². The predicted octanol–water partition coefficient (Wildman–Crippen LogP) is 2.71. The molecule has 0 atom stereocenters. The second kappa shape index (κ2) is 6.76. The molecule has 5 nitrogen and oxygen atoms in total. The normalized spacial score (nSPS) is 14.4. The van der Waals surface area contributed by atoms with E-state index >= 15 is 0 Å². The second-order valence-corrected chi connectivity index (χ2v) is 5.56. The lowest BCUT2D eigenvalue weighted by Gasteiger charge is -2.15. The van der Waals surface area contributed by atoms with E-state index in [9.17, 15) is 19.1 Å². The molecular formula is C19H16FNO4. The first-order valence-corrected chi connectivity index (χ1v) is 7.70. The van der Waals surface area contributed by atoms with E-state index in [1.165, 1.54) is 19.2 Å². The van der Waals surface area contributed by atoms with Gasteiger partial charge < -0.3 is 9.84 Å². The minimum Gasteiger partial charge on any atom is -0.502 e. The fourth-order valence-electron chi connectivity index (χ4n) is 2.75. The largest absolute Gasteiger partial charge is 0.502 e. The molecule has 2 aromatic rings. The third-order valence-corrected chi connectivity index (χ3v) is 4.06. The molecule has 0 fully saturated rings. The van der Waals surface area contributed by atoms with Crippen LogP contribution in [0.1, 0.15) is 11.1 Å². The maximum atomic E-state index is 12.9. The van der Waals surface area contributed by atoms with Gasteiger partial charge in [0.2, 0.25) is 0 Å². The van der Waals surface area contributed by atoms with Crippen molar-refractivity contribution in [2.24, 2.45) is 0 Å². The molecule has 0 radical (unpaired) electrons. The first-order chi connectivity index (χ1) is 12.0. The van der Waals surface area contributed by atoms with Crippen LogP contribution in [0.5, 0.6) is 5.75 Å². The summed E-state index contributed by atoms with van der Waals surface area (Å²) in [6.45, 7) is 0.0893. The molecule has 1 aliphatic rings. The number of para-hydroxylation sites is 1. The van der Waals surface area contributed by atoms with Crippen LogP contribution in [0.2, 0.25) is 0 Å². The number of benzene rings is 2. The monoisotopic (exact) mass is 341 g/mol. The summed E-state index contributed by atoms with van der Waals surface area (Å²) in [5.41, 5.74) is 1.08. The molecule has 25 heavy (non-hydrogen) atoms. The highest BCUT2D eigenvalue weighted by atomic mass is 19.1. The highest BCUT2D eigenvalue weighted by Gasteiger charge is 2.39. The van der Waals surface area contributed by atoms with Gasteiger partial charge in [-0.3, -0.25) is 14.5 Å². The van der Waals surface area contributed by atoms with E-state index in [0.717, 1.165) is 10.5 Å². The Morgan fingerprint density at radius 3 is 2.40 bits per heavy atom. The minimum absolute atomic E-state index is 0.0680. The number of aliphatic hydroxyl groups is 1. The fraction of sp³-hybridized carbons (Fsp3) is 0.158. The Hall–Kier alpha value is -3.15. The number of nitrogens with zero attached hydrogens (tertiary/aromatic N) is 1. The van der Waals surface area contributed by atoms with Crippen LogP contribution >= 0.6 is 0 Å². The van der Waals surface area contributed by atoms with E-state index in [1.807, 2.05) is 0 Å². The van der Waals surface area contributed by atoms with E-state index in [4.69, 9.17) is 4.74 Å². The number of hydrogen-bond acceptors (Lipinski definition) is 4. The van der Waals surface area contributed by atoms with Crippen molar-refractivity contribution < 1.29 is 23.8 Å². The second-order valence-electron chi connectivity index (χ2n) is 5.56. The number of amides is 2. The van der Waals surface area contributed by atoms with Crippen molar-refractivity contribution in [3.05, 3.63) is 71.2 Å². The Morgan fingerprint density at radius 2 is 1.72 bits per heavy atom. The highest BCUT2D eigenvalue weighted by Crippen LogP contribution is 2.33. The van der Waals surface area contributed by atoms with Gasteiger partial charge in [-0.1, -0.05) is 30.3 Å². The molecule has 0 saturated carbocycles. The summed E-state index contributed by atoms with van der Waals surface area (Å²) in [7, 11) is 1.45. The van der Waals surface area contributed by atoms with Crippen molar-refractivity contribution in [2.75, 3.05) is 13.7 Å². The van der Waals surface area contributed by atoms with Gasteiger partial charge in [0.15, 0.2) is 5.76 Å². The third-order valence-electron chi connectivity index (χ3n) is 4.06. The van der Waals surface area contributed by atoms with Crippen molar-refractivity contribution in [3.8, 4) is 5.75 Å². The summed E-state index contributed by atoms with van der Waals surface area (Å²) in [6.07, 6.45) is 0.365. The fourth-order valence-corrected chi connectivity index (χ4v) is 2.75. The number of halogens is 1. The number of ether oxygens (including phenoxy) is 1. The molecule has 128 valence electrons. The number of carbonyl (C=O) groups excluding carboxylic acids is 2. The Labute approximate surface area is 144 Å². The molecule has 0 unspecified atom stereocenters. The van der Waals surface area contributed by atoms with Crippen LogP contribution in [-0.2, 0) is 16.0 Å². The van der Waals surface area contributed by atoms with E-state index in [-0.39, 0.29) is 17.9 Å². The van der Waals surface area contributed by atoms with Gasteiger partial charge in [0.1, 0.15) is 11.6 Å². The molecule has 0 saturated heterocycles. The maximum absolute atomic E-state index is 12.9. The molecule has 1 N–H and O–H groups in total. The lowest BCUT2D eigenvalue weighted by atomic mass is 10.0. The average Bonchev–Trinajstić information content (AvgIpc) is 2.84. The van der Waals surface area contributed by atoms with Crippen molar-refractivity contribution in [2.45, 2.75) is 6.42 Å². The molecule has 2 amide bonds. The zero-order valence-corrected chi connectivity index (χ0v) is 13.5.